The number of hydrogen-bond donors (Lipinski definition) is 0. The first-order valence-electron chi connectivity index (χ1n) is 15.4. The second kappa shape index (κ2) is 14.3. The Morgan fingerprint density at radius 1 is 1.00 bits per heavy atom. The lowest BCUT2D eigenvalue weighted by Gasteiger charge is -2.42. The van der Waals surface area contributed by atoms with Gasteiger partial charge in [-0.1, -0.05) is 29.8 Å². The molecule has 6 nitrogen and oxygen atoms in total. The fourth-order valence-corrected chi connectivity index (χ4v) is 6.54. The first-order valence-corrected chi connectivity index (χ1v) is 15.8. The van der Waals surface area contributed by atoms with Gasteiger partial charge in [0.2, 0.25) is 0 Å². The molecule has 230 valence electrons. The molecule has 1 unspecified atom stereocenters. The summed E-state index contributed by atoms with van der Waals surface area (Å²) in [5.41, 5.74) is 6.36. The molecule has 1 aliphatic rings. The topological polar surface area (TPSA) is 52.6 Å². The van der Waals surface area contributed by atoms with Gasteiger partial charge in [-0.3, -0.25) is 9.78 Å². The van der Waals surface area contributed by atoms with Gasteiger partial charge in [0.1, 0.15) is 11.0 Å². The van der Waals surface area contributed by atoms with Crippen molar-refractivity contribution in [3.05, 3.63) is 118 Å². The minimum absolute atomic E-state index is 0.0538. The maximum absolute atomic E-state index is 13.9. The van der Waals surface area contributed by atoms with E-state index in [4.69, 9.17) is 11.6 Å². The minimum atomic E-state index is -0.226. The standard InChI is InChI=1S/C36H41ClFN5O/c1-25-14-18-39-23-29(25)24-43(32-12-10-30(38)11-13-32)33-16-19-41(20-17-33)27(3)15-21-42(31-8-6-5-7-9-31)36(44)35-26(2)22-34(37)40-28(35)4/h5-14,18,22-23,27,33H,15-17,19-21,24H2,1-4H3. The Labute approximate surface area is 265 Å². The van der Waals surface area contributed by atoms with E-state index in [-0.39, 0.29) is 11.7 Å². The Bertz CT molecular complexity index is 1530. The molecule has 2 aromatic carbocycles. The fraction of sp³-hybridized carbons (Fsp3) is 0.361. The van der Waals surface area contributed by atoms with Crippen LogP contribution in [0.1, 0.15) is 58.9 Å². The summed E-state index contributed by atoms with van der Waals surface area (Å²) < 4.78 is 13.8. The van der Waals surface area contributed by atoms with E-state index in [2.05, 4.69) is 33.6 Å². The largest absolute Gasteiger partial charge is 0.364 e. The maximum Gasteiger partial charge on any atom is 0.260 e. The number of hydrogen-bond acceptors (Lipinski definition) is 5. The number of para-hydroxylation sites is 1. The van der Waals surface area contributed by atoms with Gasteiger partial charge in [0, 0.05) is 62.0 Å². The summed E-state index contributed by atoms with van der Waals surface area (Å²) in [5.74, 6) is -0.280. The number of carbonyl (C=O) groups excluding carboxylic acids is 1. The number of benzene rings is 2. The van der Waals surface area contributed by atoms with Crippen molar-refractivity contribution in [2.45, 2.75) is 65.6 Å². The van der Waals surface area contributed by atoms with Gasteiger partial charge < -0.3 is 14.7 Å². The highest BCUT2D eigenvalue weighted by Crippen LogP contribution is 2.29. The van der Waals surface area contributed by atoms with Gasteiger partial charge in [-0.25, -0.2) is 9.37 Å². The number of nitrogens with zero attached hydrogens (tertiary/aromatic N) is 5. The minimum Gasteiger partial charge on any atom is -0.364 e. The zero-order valence-corrected chi connectivity index (χ0v) is 26.8. The molecule has 0 aliphatic carbocycles. The van der Waals surface area contributed by atoms with Crippen LogP contribution >= 0.6 is 11.6 Å². The molecule has 0 N–H and O–H groups in total. The molecule has 1 aliphatic heterocycles. The van der Waals surface area contributed by atoms with Crippen LogP contribution < -0.4 is 9.80 Å². The van der Waals surface area contributed by atoms with Crippen molar-refractivity contribution in [2.75, 3.05) is 29.4 Å². The van der Waals surface area contributed by atoms with E-state index < -0.39 is 0 Å². The van der Waals surface area contributed by atoms with E-state index in [9.17, 15) is 9.18 Å². The molecule has 1 fully saturated rings. The quantitative estimate of drug-likeness (QED) is 0.171. The molecule has 0 bridgehead atoms. The summed E-state index contributed by atoms with van der Waals surface area (Å²) in [6, 6.07) is 21.1. The number of amides is 1. The Morgan fingerprint density at radius 3 is 2.36 bits per heavy atom. The van der Waals surface area contributed by atoms with Crippen LogP contribution in [0, 0.1) is 26.6 Å². The second-order valence-electron chi connectivity index (χ2n) is 11.8. The lowest BCUT2D eigenvalue weighted by molar-refractivity contribution is 0.0979. The highest BCUT2D eigenvalue weighted by Gasteiger charge is 2.29. The van der Waals surface area contributed by atoms with Crippen LogP contribution in [0.2, 0.25) is 5.15 Å². The molecule has 4 aromatic rings. The summed E-state index contributed by atoms with van der Waals surface area (Å²) in [4.78, 5) is 29.5. The molecule has 8 heteroatoms. The van der Waals surface area contributed by atoms with Gasteiger partial charge in [0.25, 0.3) is 5.91 Å². The first-order chi connectivity index (χ1) is 21.2. The van der Waals surface area contributed by atoms with E-state index in [1.54, 1.807) is 18.2 Å². The zero-order valence-electron chi connectivity index (χ0n) is 26.0. The fourth-order valence-electron chi connectivity index (χ4n) is 6.25. The molecule has 44 heavy (non-hydrogen) atoms. The lowest BCUT2D eigenvalue weighted by atomic mass is 9.98. The van der Waals surface area contributed by atoms with Crippen LogP contribution in [0.4, 0.5) is 15.8 Å². The van der Waals surface area contributed by atoms with Crippen LogP contribution in [0.25, 0.3) is 0 Å². The summed E-state index contributed by atoms with van der Waals surface area (Å²) >= 11 is 6.17. The van der Waals surface area contributed by atoms with Gasteiger partial charge in [-0.05, 0) is 112 Å². The van der Waals surface area contributed by atoms with Crippen molar-refractivity contribution in [2.24, 2.45) is 0 Å². The second-order valence-corrected chi connectivity index (χ2v) is 12.2. The summed E-state index contributed by atoms with van der Waals surface area (Å²) in [6.07, 6.45) is 6.59. The van der Waals surface area contributed by atoms with E-state index in [1.165, 1.54) is 11.1 Å². The SMILES string of the molecule is Cc1ccncc1CN(c1ccc(F)cc1)C1CCN(C(C)CCN(C(=O)c2c(C)cc(Cl)nc2C)c2ccccc2)CC1. The number of piperidine rings is 1. The Morgan fingerprint density at radius 2 is 1.70 bits per heavy atom. The average Bonchev–Trinajstić information content (AvgIpc) is 3.01. The Balaban J connectivity index is 1.27. The first kappa shape index (κ1) is 31.6. The molecule has 1 atom stereocenters. The number of aromatic nitrogens is 2. The number of anilines is 2. The van der Waals surface area contributed by atoms with E-state index >= 15 is 0 Å². The van der Waals surface area contributed by atoms with Crippen LogP contribution in [0.5, 0.6) is 0 Å². The van der Waals surface area contributed by atoms with Crippen LogP contribution in [0.15, 0.2) is 79.1 Å². The Kier molecular flexibility index (Phi) is 10.3. The third-order valence-electron chi connectivity index (χ3n) is 8.87. The molecule has 1 amide bonds. The smallest absolute Gasteiger partial charge is 0.260 e. The number of likely N-dealkylation sites (tertiary alicyclic amines) is 1. The number of halogens is 2. The molecule has 0 spiro atoms. The van der Waals surface area contributed by atoms with Gasteiger partial charge in [-0.2, -0.15) is 0 Å². The number of aryl methyl sites for hydroxylation is 3. The molecule has 5 rings (SSSR count). The van der Waals surface area contributed by atoms with E-state index in [0.29, 0.717) is 35.0 Å². The number of pyridine rings is 2. The highest BCUT2D eigenvalue weighted by atomic mass is 35.5. The average molecular weight is 614 g/mol. The molecule has 0 saturated carbocycles. The van der Waals surface area contributed by atoms with Gasteiger partial charge in [0.05, 0.1) is 11.3 Å². The summed E-state index contributed by atoms with van der Waals surface area (Å²) in [5, 5.41) is 0.397. The van der Waals surface area contributed by atoms with Crippen molar-refractivity contribution < 1.29 is 9.18 Å². The molecule has 3 heterocycles. The third kappa shape index (κ3) is 7.45. The van der Waals surface area contributed by atoms with Crippen LogP contribution in [-0.4, -0.2) is 52.5 Å². The predicted octanol–water partition coefficient (Wildman–Crippen LogP) is 7.79. The van der Waals surface area contributed by atoms with Gasteiger partial charge >= 0.3 is 0 Å². The molecular formula is C36H41ClFN5O. The predicted molar refractivity (Wildman–Crippen MR) is 177 cm³/mol. The van der Waals surface area contributed by atoms with Gasteiger partial charge in [-0.15, -0.1) is 0 Å². The van der Waals surface area contributed by atoms with Crippen molar-refractivity contribution in [3.8, 4) is 0 Å². The molecule has 1 saturated heterocycles. The zero-order chi connectivity index (χ0) is 31.2. The van der Waals surface area contributed by atoms with Crippen LogP contribution in [0.3, 0.4) is 0 Å². The monoisotopic (exact) mass is 613 g/mol. The maximum atomic E-state index is 13.9. The molecule has 0 radical (unpaired) electrons. The van der Waals surface area contributed by atoms with Crippen molar-refractivity contribution >= 4 is 28.9 Å². The van der Waals surface area contributed by atoms with Crippen molar-refractivity contribution in [1.82, 2.24) is 14.9 Å². The van der Waals surface area contributed by atoms with Crippen molar-refractivity contribution in [1.29, 1.82) is 0 Å². The number of rotatable bonds is 10. The van der Waals surface area contributed by atoms with Gasteiger partial charge in [0.15, 0.2) is 0 Å². The van der Waals surface area contributed by atoms with E-state index in [1.807, 2.05) is 79.7 Å². The Hall–Kier alpha value is -3.81. The summed E-state index contributed by atoms with van der Waals surface area (Å²) in [7, 11) is 0. The van der Waals surface area contributed by atoms with Crippen LogP contribution in [-0.2, 0) is 6.54 Å². The molecule has 2 aromatic heterocycles. The third-order valence-corrected chi connectivity index (χ3v) is 9.07. The lowest BCUT2D eigenvalue weighted by Crippen LogP contribution is -2.48. The van der Waals surface area contributed by atoms with E-state index in [0.717, 1.165) is 55.8 Å². The highest BCUT2D eigenvalue weighted by molar-refractivity contribution is 6.29. The number of carbonyl (C=O) groups is 1. The molecular weight excluding hydrogens is 573 g/mol. The summed E-state index contributed by atoms with van der Waals surface area (Å²) in [6.45, 7) is 11.3. The van der Waals surface area contributed by atoms with Crippen molar-refractivity contribution in [3.63, 3.8) is 0 Å². The normalized spacial score (nSPS) is 14.8.